The third-order valence-electron chi connectivity index (χ3n) is 2.95. The zero-order chi connectivity index (χ0) is 13.9. The molecule has 0 spiro atoms. The Labute approximate surface area is 105 Å². The number of hydrogen-bond donors (Lipinski definition) is 2. The Hall–Kier alpha value is -1.85. The summed E-state index contributed by atoms with van der Waals surface area (Å²) in [4.78, 5) is 35.7. The first-order chi connectivity index (χ1) is 8.35. The van der Waals surface area contributed by atoms with Gasteiger partial charge >= 0.3 is 0 Å². The van der Waals surface area contributed by atoms with Gasteiger partial charge in [-0.15, -0.1) is 0 Å². The molecule has 0 aliphatic heterocycles. The molecule has 0 saturated heterocycles. The lowest BCUT2D eigenvalue weighted by atomic mass is 9.72. The van der Waals surface area contributed by atoms with Crippen molar-refractivity contribution in [1.29, 1.82) is 0 Å². The van der Waals surface area contributed by atoms with Gasteiger partial charge in [0.2, 0.25) is 0 Å². The second-order valence-electron chi connectivity index (χ2n) is 4.06. The summed E-state index contributed by atoms with van der Waals surface area (Å²) in [5.41, 5.74) is 3.24. The molecule has 0 fully saturated rings. The van der Waals surface area contributed by atoms with Crippen molar-refractivity contribution in [3.05, 3.63) is 35.9 Å². The Morgan fingerprint density at radius 3 is 1.89 bits per heavy atom. The predicted molar refractivity (Wildman–Crippen MR) is 64.8 cm³/mol. The van der Waals surface area contributed by atoms with Gasteiger partial charge in [0.25, 0.3) is 0 Å². The molecule has 0 amide bonds. The second kappa shape index (κ2) is 5.20. The van der Waals surface area contributed by atoms with Crippen molar-refractivity contribution in [2.24, 2.45) is 11.1 Å². The van der Waals surface area contributed by atoms with Crippen LogP contribution in [-0.2, 0) is 9.59 Å². The first kappa shape index (κ1) is 14.2. The third-order valence-corrected chi connectivity index (χ3v) is 2.95. The number of carbonyl (C=O) groups excluding carboxylic acids is 3. The average Bonchev–Trinajstić information content (AvgIpc) is 2.29. The number of hydrogen-bond acceptors (Lipinski definition) is 5. The van der Waals surface area contributed by atoms with E-state index >= 15 is 0 Å². The number of Topliss-reactive ketones (excluding diaryl/α,β-unsaturated/α-hetero) is 3. The number of aliphatic hydroxyl groups excluding tert-OH is 1. The standard InChI is InChI=1S/C13H15NO4/c1-8(15)13(9(2)16,12(14)18)11(17)10-6-4-3-5-7-10/h3-7,12,18H,14H2,1-2H3. The van der Waals surface area contributed by atoms with Crippen molar-refractivity contribution >= 4 is 17.3 Å². The number of benzene rings is 1. The normalized spacial score (nSPS) is 12.9. The first-order valence-corrected chi connectivity index (χ1v) is 5.40. The SMILES string of the molecule is CC(=O)C(C(C)=O)(C(=O)c1ccccc1)C(N)O. The fourth-order valence-electron chi connectivity index (χ4n) is 1.94. The topological polar surface area (TPSA) is 97.5 Å². The van der Waals surface area contributed by atoms with E-state index in [-0.39, 0.29) is 5.56 Å². The van der Waals surface area contributed by atoms with E-state index in [4.69, 9.17) is 5.73 Å². The lowest BCUT2D eigenvalue weighted by Crippen LogP contribution is -2.56. The minimum atomic E-state index is -2.22. The molecule has 0 radical (unpaired) electrons. The van der Waals surface area contributed by atoms with E-state index in [0.717, 1.165) is 13.8 Å². The molecule has 0 aromatic heterocycles. The summed E-state index contributed by atoms with van der Waals surface area (Å²) in [5, 5.41) is 9.55. The van der Waals surface area contributed by atoms with Crippen molar-refractivity contribution in [3.63, 3.8) is 0 Å². The molecule has 96 valence electrons. The molecule has 1 aromatic carbocycles. The van der Waals surface area contributed by atoms with E-state index in [1.165, 1.54) is 12.1 Å². The number of ketones is 3. The van der Waals surface area contributed by atoms with Crippen molar-refractivity contribution in [3.8, 4) is 0 Å². The molecular weight excluding hydrogens is 234 g/mol. The van der Waals surface area contributed by atoms with Crippen LogP contribution in [0.1, 0.15) is 24.2 Å². The second-order valence-corrected chi connectivity index (χ2v) is 4.06. The maximum absolute atomic E-state index is 12.3. The molecule has 0 heterocycles. The van der Waals surface area contributed by atoms with Gasteiger partial charge in [-0.3, -0.25) is 14.4 Å². The molecule has 1 aromatic rings. The molecule has 1 rings (SSSR count). The highest BCUT2D eigenvalue weighted by Crippen LogP contribution is 2.28. The quantitative estimate of drug-likeness (QED) is 0.444. The summed E-state index contributed by atoms with van der Waals surface area (Å²) in [6, 6.07) is 7.82. The molecule has 0 aliphatic rings. The van der Waals surface area contributed by atoms with Crippen LogP contribution in [0.2, 0.25) is 0 Å². The van der Waals surface area contributed by atoms with Crippen LogP contribution >= 0.6 is 0 Å². The molecular formula is C13H15NO4. The maximum atomic E-state index is 12.3. The Balaban J connectivity index is 3.41. The highest BCUT2D eigenvalue weighted by molar-refractivity contribution is 6.28. The molecule has 5 nitrogen and oxygen atoms in total. The summed E-state index contributed by atoms with van der Waals surface area (Å²) in [7, 11) is 0. The summed E-state index contributed by atoms with van der Waals surface area (Å²) in [5.74, 6) is -2.31. The van der Waals surface area contributed by atoms with Crippen LogP contribution in [-0.4, -0.2) is 28.7 Å². The van der Waals surface area contributed by atoms with Gasteiger partial charge < -0.3 is 10.8 Å². The third kappa shape index (κ3) is 2.10. The van der Waals surface area contributed by atoms with E-state index in [1.54, 1.807) is 18.2 Å². The Kier molecular flexibility index (Phi) is 4.11. The summed E-state index contributed by atoms with van der Waals surface area (Å²) >= 11 is 0. The van der Waals surface area contributed by atoms with Gasteiger partial charge in [0.15, 0.2) is 22.8 Å². The van der Waals surface area contributed by atoms with Crippen LogP contribution in [0.5, 0.6) is 0 Å². The predicted octanol–water partition coefficient (Wildman–Crippen LogP) is 0.311. The van der Waals surface area contributed by atoms with E-state index in [0.29, 0.717) is 0 Å². The molecule has 1 atom stereocenters. The van der Waals surface area contributed by atoms with Crippen molar-refractivity contribution < 1.29 is 19.5 Å². The maximum Gasteiger partial charge on any atom is 0.188 e. The largest absolute Gasteiger partial charge is 0.377 e. The van der Waals surface area contributed by atoms with Crippen LogP contribution in [0.4, 0.5) is 0 Å². The minimum absolute atomic E-state index is 0.160. The van der Waals surface area contributed by atoms with E-state index in [1.807, 2.05) is 0 Å². The number of carbonyl (C=O) groups is 3. The minimum Gasteiger partial charge on any atom is -0.377 e. The van der Waals surface area contributed by atoms with Crippen LogP contribution in [0.25, 0.3) is 0 Å². The molecule has 3 N–H and O–H groups in total. The molecule has 5 heteroatoms. The molecule has 0 saturated carbocycles. The van der Waals surface area contributed by atoms with Gasteiger partial charge in [0, 0.05) is 5.56 Å². The van der Waals surface area contributed by atoms with E-state index < -0.39 is 29.0 Å². The van der Waals surface area contributed by atoms with Crippen LogP contribution in [0.3, 0.4) is 0 Å². The Bertz CT molecular complexity index is 465. The van der Waals surface area contributed by atoms with Gasteiger partial charge in [-0.25, -0.2) is 0 Å². The van der Waals surface area contributed by atoms with Gasteiger partial charge in [-0.1, -0.05) is 30.3 Å². The van der Waals surface area contributed by atoms with E-state index in [9.17, 15) is 19.5 Å². The van der Waals surface area contributed by atoms with Crippen LogP contribution < -0.4 is 5.73 Å². The zero-order valence-corrected chi connectivity index (χ0v) is 10.2. The van der Waals surface area contributed by atoms with Crippen molar-refractivity contribution in [1.82, 2.24) is 0 Å². The lowest BCUT2D eigenvalue weighted by Gasteiger charge is -2.29. The monoisotopic (exact) mass is 249 g/mol. The first-order valence-electron chi connectivity index (χ1n) is 5.40. The molecule has 1 unspecified atom stereocenters. The fourth-order valence-corrected chi connectivity index (χ4v) is 1.94. The number of nitrogens with two attached hydrogens (primary N) is 1. The highest BCUT2D eigenvalue weighted by Gasteiger charge is 2.52. The summed E-state index contributed by atoms with van der Waals surface area (Å²) in [6.45, 7) is 2.14. The highest BCUT2D eigenvalue weighted by atomic mass is 16.3. The zero-order valence-electron chi connectivity index (χ0n) is 10.2. The summed E-state index contributed by atoms with van der Waals surface area (Å²) < 4.78 is 0. The van der Waals surface area contributed by atoms with Crippen LogP contribution in [0.15, 0.2) is 30.3 Å². The van der Waals surface area contributed by atoms with E-state index in [2.05, 4.69) is 0 Å². The Morgan fingerprint density at radius 2 is 1.56 bits per heavy atom. The summed E-state index contributed by atoms with van der Waals surface area (Å²) in [6.07, 6.45) is -1.86. The molecule has 18 heavy (non-hydrogen) atoms. The van der Waals surface area contributed by atoms with Gasteiger partial charge in [0.05, 0.1) is 0 Å². The van der Waals surface area contributed by atoms with Crippen LogP contribution in [0, 0.1) is 5.41 Å². The van der Waals surface area contributed by atoms with Crippen molar-refractivity contribution in [2.45, 2.75) is 20.1 Å². The van der Waals surface area contributed by atoms with Gasteiger partial charge in [-0.2, -0.15) is 0 Å². The lowest BCUT2D eigenvalue weighted by molar-refractivity contribution is -0.141. The Morgan fingerprint density at radius 1 is 1.11 bits per heavy atom. The van der Waals surface area contributed by atoms with Crippen molar-refractivity contribution in [2.75, 3.05) is 0 Å². The molecule has 0 aliphatic carbocycles. The number of rotatable bonds is 5. The average molecular weight is 249 g/mol. The van der Waals surface area contributed by atoms with Gasteiger partial charge in [0.1, 0.15) is 6.23 Å². The number of aliphatic hydroxyl groups is 1. The molecule has 0 bridgehead atoms. The van der Waals surface area contributed by atoms with Gasteiger partial charge in [-0.05, 0) is 13.8 Å². The smallest absolute Gasteiger partial charge is 0.188 e. The fraction of sp³-hybridized carbons (Fsp3) is 0.308.